The number of nitrogens with zero attached hydrogens (tertiary/aromatic N) is 2. The molecule has 0 radical (unpaired) electrons. The number of nitrogens with one attached hydrogen (secondary N) is 1. The molecule has 2 heterocycles. The van der Waals surface area contributed by atoms with E-state index in [0.717, 1.165) is 17.1 Å². The van der Waals surface area contributed by atoms with Crippen molar-refractivity contribution in [3.8, 4) is 0 Å². The van der Waals surface area contributed by atoms with E-state index >= 15 is 0 Å². The van der Waals surface area contributed by atoms with E-state index in [4.69, 9.17) is 0 Å². The molecule has 1 fully saturated rings. The number of likely N-dealkylation sites (N-methyl/N-ethyl adjacent to an activating group) is 1. The molecule has 0 aliphatic carbocycles. The second-order valence-electron chi connectivity index (χ2n) is 5.65. The number of anilines is 1. The molecule has 1 atom stereocenters. The van der Waals surface area contributed by atoms with Gasteiger partial charge < -0.3 is 15.3 Å². The normalized spacial score (nSPS) is 23.4. The average molecular weight is 337 g/mol. The predicted octanol–water partition coefficient (Wildman–Crippen LogP) is 1.44. The van der Waals surface area contributed by atoms with Crippen LogP contribution in [0.25, 0.3) is 0 Å². The first-order valence-electron chi connectivity index (χ1n) is 7.47. The highest BCUT2D eigenvalue weighted by Crippen LogP contribution is 2.34. The number of amides is 1. The van der Waals surface area contributed by atoms with Crippen molar-refractivity contribution in [3.63, 3.8) is 0 Å². The molecule has 124 valence electrons. The summed E-state index contributed by atoms with van der Waals surface area (Å²) in [6, 6.07) is 8.70. The molecule has 1 unspecified atom stereocenters. The van der Waals surface area contributed by atoms with E-state index in [9.17, 15) is 18.3 Å². The van der Waals surface area contributed by atoms with Gasteiger partial charge in [0.15, 0.2) is 11.1 Å². The lowest BCUT2D eigenvalue weighted by molar-refractivity contribution is -0.114. The number of aliphatic hydroxyl groups is 1. The number of aliphatic hydroxyl groups excluding tert-OH is 1. The number of carbonyl (C=O) groups excluding carboxylic acids is 1. The minimum Gasteiger partial charge on any atom is -0.493 e. The Hall–Kier alpha value is -2.22. The fraction of sp³-hybridized carbons (Fsp3) is 0.400. The van der Waals surface area contributed by atoms with Gasteiger partial charge in [-0.2, -0.15) is 0 Å². The van der Waals surface area contributed by atoms with Gasteiger partial charge in [0.1, 0.15) is 0 Å². The number of sulfonamides is 1. The van der Waals surface area contributed by atoms with Gasteiger partial charge in [-0.3, -0.25) is 9.10 Å². The molecule has 3 rings (SSSR count). The average Bonchev–Trinajstić information content (AvgIpc) is 2.54. The largest absolute Gasteiger partial charge is 0.493 e. The summed E-state index contributed by atoms with van der Waals surface area (Å²) in [5.41, 5.74) is 0.288. The number of fused-ring (bicyclic) bond motifs is 1. The van der Waals surface area contributed by atoms with Crippen LogP contribution in [0.1, 0.15) is 19.3 Å². The third kappa shape index (κ3) is 2.63. The first-order valence-corrected chi connectivity index (χ1v) is 8.97. The molecule has 0 saturated carbocycles. The lowest BCUT2D eigenvalue weighted by Crippen LogP contribution is -2.55. The van der Waals surface area contributed by atoms with Gasteiger partial charge >= 0.3 is 0 Å². The summed E-state index contributed by atoms with van der Waals surface area (Å²) in [5, 5.41) is 12.3. The molecule has 0 aromatic heterocycles. The number of piperidine rings is 1. The minimum atomic E-state index is -3.70. The molecule has 23 heavy (non-hydrogen) atoms. The zero-order valence-electron chi connectivity index (χ0n) is 12.8. The van der Waals surface area contributed by atoms with Crippen LogP contribution >= 0.6 is 0 Å². The van der Waals surface area contributed by atoms with Crippen molar-refractivity contribution in [3.05, 3.63) is 41.9 Å². The van der Waals surface area contributed by atoms with Crippen molar-refractivity contribution >= 4 is 21.6 Å². The van der Waals surface area contributed by atoms with E-state index < -0.39 is 21.3 Å². The summed E-state index contributed by atoms with van der Waals surface area (Å²) in [6.45, 7) is 0.422. The van der Waals surface area contributed by atoms with Crippen LogP contribution < -0.4 is 5.32 Å². The van der Waals surface area contributed by atoms with Crippen LogP contribution in [-0.4, -0.2) is 47.6 Å². The number of hydrogen-bond donors (Lipinski definition) is 2. The minimum absolute atomic E-state index is 0.244. The van der Waals surface area contributed by atoms with Crippen molar-refractivity contribution in [1.29, 1.82) is 0 Å². The molecule has 2 aliphatic rings. The molecular weight excluding hydrogens is 318 g/mol. The zero-order valence-corrected chi connectivity index (χ0v) is 13.6. The van der Waals surface area contributed by atoms with Crippen molar-refractivity contribution in [1.82, 2.24) is 9.21 Å². The quantitative estimate of drug-likeness (QED) is 0.852. The molecule has 2 N–H and O–H groups in total. The summed E-state index contributed by atoms with van der Waals surface area (Å²) < 4.78 is 26.1. The van der Waals surface area contributed by atoms with E-state index in [1.54, 1.807) is 24.3 Å². The molecule has 7 nitrogen and oxygen atoms in total. The van der Waals surface area contributed by atoms with Gasteiger partial charge in [0.25, 0.3) is 15.9 Å². The summed E-state index contributed by atoms with van der Waals surface area (Å²) in [4.78, 5) is 13.9. The third-order valence-electron chi connectivity index (χ3n) is 4.22. The molecule has 1 amide bonds. The van der Waals surface area contributed by atoms with Crippen molar-refractivity contribution in [2.45, 2.75) is 24.6 Å². The lowest BCUT2D eigenvalue weighted by atomic mass is 10.1. The highest BCUT2D eigenvalue weighted by atomic mass is 32.2. The van der Waals surface area contributed by atoms with E-state index in [1.165, 1.54) is 11.9 Å². The van der Waals surface area contributed by atoms with Crippen molar-refractivity contribution < 1.29 is 18.3 Å². The SMILES string of the molecule is CN1C(C(=O)Nc2ccccc2)=C(O)N2CCCCC2S1(=O)=O. The smallest absolute Gasteiger partial charge is 0.278 e. The van der Waals surface area contributed by atoms with Gasteiger partial charge in [0.2, 0.25) is 5.88 Å². The van der Waals surface area contributed by atoms with Gasteiger partial charge in [0, 0.05) is 19.3 Å². The lowest BCUT2D eigenvalue weighted by Gasteiger charge is -2.43. The zero-order chi connectivity index (χ0) is 16.6. The molecule has 1 aromatic carbocycles. The predicted molar refractivity (Wildman–Crippen MR) is 85.8 cm³/mol. The van der Waals surface area contributed by atoms with Crippen LogP contribution in [0.5, 0.6) is 0 Å². The maximum atomic E-state index is 12.6. The second-order valence-corrected chi connectivity index (χ2v) is 7.77. The summed E-state index contributed by atoms with van der Waals surface area (Å²) in [7, 11) is -2.40. The van der Waals surface area contributed by atoms with E-state index in [-0.39, 0.29) is 11.6 Å². The van der Waals surface area contributed by atoms with Crippen molar-refractivity contribution in [2.24, 2.45) is 0 Å². The topological polar surface area (TPSA) is 90.0 Å². The molecule has 8 heteroatoms. The molecule has 0 bridgehead atoms. The van der Waals surface area contributed by atoms with Gasteiger partial charge in [-0.15, -0.1) is 0 Å². The molecule has 2 aliphatic heterocycles. The van der Waals surface area contributed by atoms with E-state index in [1.807, 2.05) is 6.07 Å². The van der Waals surface area contributed by atoms with Crippen LogP contribution in [-0.2, 0) is 14.8 Å². The first-order chi connectivity index (χ1) is 10.9. The maximum absolute atomic E-state index is 12.6. The third-order valence-corrected chi connectivity index (χ3v) is 6.34. The molecule has 0 spiro atoms. The Labute approximate surface area is 135 Å². The van der Waals surface area contributed by atoms with Crippen LogP contribution in [0.15, 0.2) is 41.9 Å². The number of hydrogen-bond acceptors (Lipinski definition) is 5. The van der Waals surface area contributed by atoms with Gasteiger partial charge in [-0.05, 0) is 31.4 Å². The second kappa shape index (κ2) is 5.77. The van der Waals surface area contributed by atoms with Crippen LogP contribution in [0.4, 0.5) is 5.69 Å². The highest BCUT2D eigenvalue weighted by Gasteiger charge is 2.46. The van der Waals surface area contributed by atoms with Crippen LogP contribution in [0.3, 0.4) is 0 Å². The van der Waals surface area contributed by atoms with Gasteiger partial charge in [-0.25, -0.2) is 8.42 Å². The number of carbonyl (C=O) groups is 1. The van der Waals surface area contributed by atoms with E-state index in [2.05, 4.69) is 5.32 Å². The van der Waals surface area contributed by atoms with Crippen LogP contribution in [0.2, 0.25) is 0 Å². The summed E-state index contributed by atoms with van der Waals surface area (Å²) in [6.07, 6.45) is 2.02. The Bertz CT molecular complexity index is 745. The fourth-order valence-corrected chi connectivity index (χ4v) is 4.77. The van der Waals surface area contributed by atoms with Gasteiger partial charge in [0.05, 0.1) is 0 Å². The first kappa shape index (κ1) is 15.7. The summed E-state index contributed by atoms with van der Waals surface area (Å²) >= 11 is 0. The Morgan fingerprint density at radius 3 is 2.65 bits per heavy atom. The Morgan fingerprint density at radius 1 is 1.26 bits per heavy atom. The van der Waals surface area contributed by atoms with Crippen LogP contribution in [0, 0.1) is 0 Å². The summed E-state index contributed by atoms with van der Waals surface area (Å²) in [5.74, 6) is -0.927. The number of benzene rings is 1. The Kier molecular flexibility index (Phi) is 3.93. The monoisotopic (exact) mass is 337 g/mol. The molecular formula is C15H19N3O4S. The van der Waals surface area contributed by atoms with E-state index in [0.29, 0.717) is 18.7 Å². The Balaban J connectivity index is 1.97. The Morgan fingerprint density at radius 2 is 1.96 bits per heavy atom. The maximum Gasteiger partial charge on any atom is 0.278 e. The standard InChI is InChI=1S/C15H19N3O4S/c1-17-13(14(19)16-11-7-3-2-4-8-11)15(20)18-10-6-5-9-12(18)23(17,21)22/h2-4,7-8,12,20H,5-6,9-10H2,1H3,(H,16,19). The number of para-hydroxylation sites is 1. The number of rotatable bonds is 2. The van der Waals surface area contributed by atoms with Gasteiger partial charge in [-0.1, -0.05) is 18.2 Å². The fourth-order valence-electron chi connectivity index (χ4n) is 3.00. The molecule has 1 saturated heterocycles. The molecule has 1 aromatic rings. The van der Waals surface area contributed by atoms with Crippen molar-refractivity contribution in [2.75, 3.05) is 18.9 Å². The highest BCUT2D eigenvalue weighted by molar-refractivity contribution is 7.89.